The van der Waals surface area contributed by atoms with Gasteiger partial charge in [-0.3, -0.25) is 10.1 Å². The highest BCUT2D eigenvalue weighted by atomic mass is 35.5. The lowest BCUT2D eigenvalue weighted by atomic mass is 10.1. The Morgan fingerprint density at radius 1 is 1.10 bits per heavy atom. The number of carbonyl (C=O) groups is 1. The number of aromatic nitrogens is 2. The van der Waals surface area contributed by atoms with E-state index in [-0.39, 0.29) is 11.7 Å². The summed E-state index contributed by atoms with van der Waals surface area (Å²) in [6.45, 7) is 1.84. The van der Waals surface area contributed by atoms with Crippen molar-refractivity contribution < 1.29 is 9.21 Å². The zero-order valence-corrected chi connectivity index (χ0v) is 18.8. The first-order valence-electron chi connectivity index (χ1n) is 9.51. The number of fused-ring (bicyclic) bond motifs is 2. The van der Waals surface area contributed by atoms with E-state index in [9.17, 15) is 4.79 Å². The average Bonchev–Trinajstić information content (AvgIpc) is 3.36. The van der Waals surface area contributed by atoms with Crippen LogP contribution in [0.1, 0.15) is 21.7 Å². The minimum atomic E-state index is -0.355. The van der Waals surface area contributed by atoms with Gasteiger partial charge in [-0.15, -0.1) is 10.2 Å². The van der Waals surface area contributed by atoms with Gasteiger partial charge in [0, 0.05) is 21.7 Å². The molecule has 154 valence electrons. The molecular formula is C23H16ClN3O2S2. The van der Waals surface area contributed by atoms with Crippen LogP contribution in [0.15, 0.2) is 69.4 Å². The summed E-state index contributed by atoms with van der Waals surface area (Å²) >= 11 is 8.99. The van der Waals surface area contributed by atoms with Crippen molar-refractivity contribution in [3.05, 3.63) is 82.6 Å². The van der Waals surface area contributed by atoms with Crippen LogP contribution >= 0.6 is 34.7 Å². The SMILES string of the molecule is Cc1c(C(=O)Nc2nnc(SCc3cccc4ccccc34)s2)oc2ccc(Cl)cc12. The number of thioether (sulfide) groups is 1. The molecular weight excluding hydrogens is 450 g/mol. The van der Waals surface area contributed by atoms with Crippen molar-refractivity contribution in [2.45, 2.75) is 17.0 Å². The van der Waals surface area contributed by atoms with Crippen LogP contribution in [0.25, 0.3) is 21.7 Å². The number of anilines is 1. The molecule has 0 saturated heterocycles. The van der Waals surface area contributed by atoms with Gasteiger partial charge in [-0.1, -0.05) is 77.2 Å². The third-order valence-electron chi connectivity index (χ3n) is 4.96. The number of benzene rings is 3. The van der Waals surface area contributed by atoms with Gasteiger partial charge in [0.1, 0.15) is 5.58 Å². The van der Waals surface area contributed by atoms with E-state index in [0.717, 1.165) is 21.0 Å². The van der Waals surface area contributed by atoms with Crippen molar-refractivity contribution in [3.63, 3.8) is 0 Å². The van der Waals surface area contributed by atoms with Crippen LogP contribution in [0, 0.1) is 6.92 Å². The Balaban J connectivity index is 1.30. The topological polar surface area (TPSA) is 68.0 Å². The average molecular weight is 466 g/mol. The number of hydrogen-bond donors (Lipinski definition) is 1. The smallest absolute Gasteiger partial charge is 0.293 e. The van der Waals surface area contributed by atoms with Crippen LogP contribution in [0.3, 0.4) is 0 Å². The summed E-state index contributed by atoms with van der Waals surface area (Å²) in [6, 6.07) is 19.9. The Labute approximate surface area is 191 Å². The molecule has 0 atom stereocenters. The molecule has 0 aliphatic heterocycles. The standard InChI is InChI=1S/C23H16ClN3O2S2/c1-13-18-11-16(24)9-10-19(18)29-20(13)21(28)25-22-26-27-23(31-22)30-12-15-7-4-6-14-5-2-3-8-17(14)15/h2-11H,12H2,1H3,(H,25,26,28). The summed E-state index contributed by atoms with van der Waals surface area (Å²) in [6.07, 6.45) is 0. The summed E-state index contributed by atoms with van der Waals surface area (Å²) in [5, 5.41) is 15.4. The van der Waals surface area contributed by atoms with Crippen LogP contribution in [0.4, 0.5) is 5.13 Å². The van der Waals surface area contributed by atoms with Gasteiger partial charge in [0.2, 0.25) is 5.13 Å². The number of amides is 1. The molecule has 0 aliphatic rings. The van der Waals surface area contributed by atoms with Gasteiger partial charge < -0.3 is 4.42 Å². The summed E-state index contributed by atoms with van der Waals surface area (Å²) in [5.41, 5.74) is 2.60. The van der Waals surface area contributed by atoms with E-state index < -0.39 is 0 Å². The molecule has 31 heavy (non-hydrogen) atoms. The van der Waals surface area contributed by atoms with E-state index in [2.05, 4.69) is 45.8 Å². The second-order valence-corrected chi connectivity index (χ2v) is 9.59. The third-order valence-corrected chi connectivity index (χ3v) is 7.22. The first-order valence-corrected chi connectivity index (χ1v) is 11.7. The number of rotatable bonds is 5. The molecule has 8 heteroatoms. The monoisotopic (exact) mass is 465 g/mol. The highest BCUT2D eigenvalue weighted by Gasteiger charge is 2.19. The highest BCUT2D eigenvalue weighted by Crippen LogP contribution is 2.32. The van der Waals surface area contributed by atoms with Gasteiger partial charge in [-0.2, -0.15) is 0 Å². The minimum absolute atomic E-state index is 0.248. The molecule has 0 fully saturated rings. The Hall–Kier alpha value is -2.87. The summed E-state index contributed by atoms with van der Waals surface area (Å²) in [5.74, 6) is 0.664. The maximum absolute atomic E-state index is 12.7. The molecule has 5 aromatic rings. The molecule has 3 aromatic carbocycles. The van der Waals surface area contributed by atoms with Crippen LogP contribution in [-0.2, 0) is 5.75 Å². The lowest BCUT2D eigenvalue weighted by Gasteiger charge is -2.04. The number of nitrogens with one attached hydrogen (secondary N) is 1. The molecule has 0 aliphatic carbocycles. The van der Waals surface area contributed by atoms with E-state index in [1.54, 1.807) is 30.0 Å². The molecule has 1 N–H and O–H groups in total. The predicted molar refractivity (Wildman–Crippen MR) is 127 cm³/mol. The third kappa shape index (κ3) is 4.04. The lowest BCUT2D eigenvalue weighted by molar-refractivity contribution is 0.0998. The summed E-state index contributed by atoms with van der Waals surface area (Å²) < 4.78 is 6.51. The molecule has 0 radical (unpaired) electrons. The van der Waals surface area contributed by atoms with Crippen molar-refractivity contribution in [1.29, 1.82) is 0 Å². The molecule has 2 heterocycles. The lowest BCUT2D eigenvalue weighted by Crippen LogP contribution is -2.11. The van der Waals surface area contributed by atoms with Gasteiger partial charge in [-0.05, 0) is 41.5 Å². The maximum atomic E-state index is 12.7. The zero-order chi connectivity index (χ0) is 21.4. The number of nitrogens with zero attached hydrogens (tertiary/aromatic N) is 2. The number of furan rings is 1. The summed E-state index contributed by atoms with van der Waals surface area (Å²) in [7, 11) is 0. The number of aryl methyl sites for hydroxylation is 1. The highest BCUT2D eigenvalue weighted by molar-refractivity contribution is 8.00. The second kappa shape index (κ2) is 8.34. The van der Waals surface area contributed by atoms with Crippen molar-refractivity contribution >= 4 is 67.5 Å². The van der Waals surface area contributed by atoms with Crippen LogP contribution < -0.4 is 5.32 Å². The molecule has 5 nitrogen and oxygen atoms in total. The van der Waals surface area contributed by atoms with E-state index in [1.807, 2.05) is 19.1 Å². The Morgan fingerprint density at radius 2 is 1.94 bits per heavy atom. The maximum Gasteiger partial charge on any atom is 0.293 e. The minimum Gasteiger partial charge on any atom is -0.451 e. The first-order chi connectivity index (χ1) is 15.1. The van der Waals surface area contributed by atoms with Crippen molar-refractivity contribution in [3.8, 4) is 0 Å². The first kappa shape index (κ1) is 20.1. The molecule has 0 unspecified atom stereocenters. The second-order valence-electron chi connectivity index (χ2n) is 6.95. The number of halogens is 1. The Bertz CT molecular complexity index is 1420. The van der Waals surface area contributed by atoms with Crippen molar-refractivity contribution in [1.82, 2.24) is 10.2 Å². The predicted octanol–water partition coefficient (Wildman–Crippen LogP) is 6.94. The largest absolute Gasteiger partial charge is 0.451 e. The van der Waals surface area contributed by atoms with Gasteiger partial charge in [0.25, 0.3) is 5.91 Å². The quantitative estimate of drug-likeness (QED) is 0.225. The molecule has 0 saturated carbocycles. The van der Waals surface area contributed by atoms with E-state index in [1.165, 1.54) is 27.7 Å². The van der Waals surface area contributed by atoms with Crippen molar-refractivity contribution in [2.75, 3.05) is 5.32 Å². The number of carbonyl (C=O) groups excluding carboxylic acids is 1. The Kier molecular flexibility index (Phi) is 5.40. The van der Waals surface area contributed by atoms with Crippen LogP contribution in [-0.4, -0.2) is 16.1 Å². The van der Waals surface area contributed by atoms with Gasteiger partial charge in [-0.25, -0.2) is 0 Å². The Morgan fingerprint density at radius 3 is 2.84 bits per heavy atom. The molecule has 0 bridgehead atoms. The molecule has 2 aromatic heterocycles. The normalized spacial score (nSPS) is 11.3. The van der Waals surface area contributed by atoms with E-state index in [0.29, 0.717) is 15.7 Å². The van der Waals surface area contributed by atoms with Crippen molar-refractivity contribution in [2.24, 2.45) is 0 Å². The summed E-state index contributed by atoms with van der Waals surface area (Å²) in [4.78, 5) is 12.7. The molecule has 5 rings (SSSR count). The van der Waals surface area contributed by atoms with Crippen LogP contribution in [0.2, 0.25) is 5.02 Å². The van der Waals surface area contributed by atoms with Crippen LogP contribution in [0.5, 0.6) is 0 Å². The zero-order valence-electron chi connectivity index (χ0n) is 16.4. The van der Waals surface area contributed by atoms with Gasteiger partial charge >= 0.3 is 0 Å². The fourth-order valence-electron chi connectivity index (χ4n) is 3.44. The fraction of sp³-hybridized carbons (Fsp3) is 0.0870. The van der Waals surface area contributed by atoms with E-state index in [4.69, 9.17) is 16.0 Å². The van der Waals surface area contributed by atoms with Gasteiger partial charge in [0.05, 0.1) is 0 Å². The fourth-order valence-corrected chi connectivity index (χ4v) is 5.36. The van der Waals surface area contributed by atoms with Gasteiger partial charge in [0.15, 0.2) is 10.1 Å². The van der Waals surface area contributed by atoms with E-state index >= 15 is 0 Å². The number of hydrogen-bond acceptors (Lipinski definition) is 6. The molecule has 0 spiro atoms. The molecule has 1 amide bonds.